The summed E-state index contributed by atoms with van der Waals surface area (Å²) in [6.07, 6.45) is 8.07. The first-order chi connectivity index (χ1) is 16.8. The van der Waals surface area contributed by atoms with E-state index in [4.69, 9.17) is 9.97 Å². The van der Waals surface area contributed by atoms with Crippen LogP contribution in [-0.4, -0.2) is 31.7 Å². The molecule has 6 nitrogen and oxygen atoms in total. The number of hydrogen-bond acceptors (Lipinski definition) is 4. The van der Waals surface area contributed by atoms with Crippen LogP contribution in [0.4, 0.5) is 14.6 Å². The molecule has 3 aromatic rings. The van der Waals surface area contributed by atoms with Crippen molar-refractivity contribution in [1.29, 1.82) is 0 Å². The maximum atomic E-state index is 14.4. The Balaban J connectivity index is 1.48. The zero-order valence-electron chi connectivity index (χ0n) is 19.8. The number of benzene rings is 1. The van der Waals surface area contributed by atoms with Gasteiger partial charge in [-0.2, -0.15) is 0 Å². The Hall–Kier alpha value is -3.29. The van der Waals surface area contributed by atoms with Crippen molar-refractivity contribution < 1.29 is 18.7 Å². The molecule has 0 spiro atoms. The standard InChI is InChI=1S/C27H28F2N4O2/c1-13(2)33-10-9-19-25(30-23-15-5-3-14(4-6-15)22(23)27(34)35)31-24(32-26(19)33)18-8-7-17-20(18)11-16(28)12-21(17)29/h8-15,22-23H,3-7H2,1-2H3,(H,34,35)(H,30,31,32). The molecule has 1 aromatic carbocycles. The molecule has 4 aliphatic carbocycles. The van der Waals surface area contributed by atoms with E-state index in [9.17, 15) is 18.7 Å². The van der Waals surface area contributed by atoms with Gasteiger partial charge in [-0.1, -0.05) is 6.08 Å². The van der Waals surface area contributed by atoms with Crippen LogP contribution in [0.15, 0.2) is 30.5 Å². The average Bonchev–Trinajstić information content (AvgIpc) is 3.44. The number of anilines is 1. The van der Waals surface area contributed by atoms with E-state index in [2.05, 4.69) is 19.2 Å². The van der Waals surface area contributed by atoms with Gasteiger partial charge in [0.25, 0.3) is 0 Å². The summed E-state index contributed by atoms with van der Waals surface area (Å²) in [6.45, 7) is 4.12. The van der Waals surface area contributed by atoms with Gasteiger partial charge in [0.15, 0.2) is 5.82 Å². The number of carbonyl (C=O) groups is 1. The van der Waals surface area contributed by atoms with E-state index in [1.807, 2.05) is 22.9 Å². The van der Waals surface area contributed by atoms with E-state index >= 15 is 0 Å². The van der Waals surface area contributed by atoms with Crippen molar-refractivity contribution in [3.63, 3.8) is 0 Å². The highest BCUT2D eigenvalue weighted by molar-refractivity contribution is 5.91. The minimum absolute atomic E-state index is 0.139. The first kappa shape index (κ1) is 22.2. The molecule has 2 unspecified atom stereocenters. The molecule has 7 rings (SSSR count). The molecular weight excluding hydrogens is 450 g/mol. The van der Waals surface area contributed by atoms with Gasteiger partial charge in [0.05, 0.1) is 11.3 Å². The molecule has 35 heavy (non-hydrogen) atoms. The molecule has 182 valence electrons. The fourth-order valence-electron chi connectivity index (χ4n) is 6.43. The molecule has 4 aliphatic rings. The normalized spacial score (nSPS) is 25.2. The number of nitrogens with zero attached hydrogens (tertiary/aromatic N) is 3. The van der Waals surface area contributed by atoms with Crippen molar-refractivity contribution in [2.45, 2.75) is 58.0 Å². The van der Waals surface area contributed by atoms with Crippen LogP contribution in [-0.2, 0) is 11.2 Å². The number of allylic oxidation sites excluding steroid dienone is 1. The second kappa shape index (κ2) is 8.14. The number of halogens is 2. The highest BCUT2D eigenvalue weighted by Gasteiger charge is 2.47. The van der Waals surface area contributed by atoms with Gasteiger partial charge in [-0.05, 0) is 81.0 Å². The quantitative estimate of drug-likeness (QED) is 0.501. The molecule has 2 atom stereocenters. The largest absolute Gasteiger partial charge is 0.481 e. The van der Waals surface area contributed by atoms with Crippen LogP contribution in [0.3, 0.4) is 0 Å². The van der Waals surface area contributed by atoms with Crippen LogP contribution >= 0.6 is 0 Å². The zero-order chi connectivity index (χ0) is 24.4. The van der Waals surface area contributed by atoms with Gasteiger partial charge in [0.1, 0.15) is 23.1 Å². The summed E-state index contributed by atoms with van der Waals surface area (Å²) >= 11 is 0. The predicted octanol–water partition coefficient (Wildman–Crippen LogP) is 5.58. The third kappa shape index (κ3) is 3.53. The fraction of sp³-hybridized carbons (Fsp3) is 0.444. The summed E-state index contributed by atoms with van der Waals surface area (Å²) in [5.41, 5.74) is 2.22. The summed E-state index contributed by atoms with van der Waals surface area (Å²) in [5.74, 6) is -1.02. The van der Waals surface area contributed by atoms with Crippen molar-refractivity contribution in [3.8, 4) is 0 Å². The molecule has 3 fully saturated rings. The van der Waals surface area contributed by atoms with E-state index < -0.39 is 23.5 Å². The Labute approximate surface area is 202 Å². The molecule has 0 amide bonds. The summed E-state index contributed by atoms with van der Waals surface area (Å²) < 4.78 is 30.6. The monoisotopic (exact) mass is 478 g/mol. The number of hydrogen-bond donors (Lipinski definition) is 2. The predicted molar refractivity (Wildman–Crippen MR) is 129 cm³/mol. The highest BCUT2D eigenvalue weighted by Crippen LogP contribution is 2.47. The van der Waals surface area contributed by atoms with E-state index in [-0.39, 0.29) is 23.9 Å². The molecule has 0 saturated heterocycles. The number of carboxylic acid groups (broad SMARTS) is 1. The molecule has 2 bridgehead atoms. The van der Waals surface area contributed by atoms with E-state index in [1.165, 1.54) is 6.07 Å². The van der Waals surface area contributed by atoms with Crippen LogP contribution in [0.5, 0.6) is 0 Å². The average molecular weight is 479 g/mol. The number of carboxylic acids is 1. The topological polar surface area (TPSA) is 80.0 Å². The van der Waals surface area contributed by atoms with Gasteiger partial charge in [-0.3, -0.25) is 4.79 Å². The lowest BCUT2D eigenvalue weighted by atomic mass is 9.61. The van der Waals surface area contributed by atoms with Gasteiger partial charge in [-0.25, -0.2) is 18.7 Å². The minimum Gasteiger partial charge on any atom is -0.481 e. The Morgan fingerprint density at radius 3 is 2.60 bits per heavy atom. The lowest BCUT2D eigenvalue weighted by molar-refractivity contribution is -0.148. The fourth-order valence-corrected chi connectivity index (χ4v) is 6.43. The smallest absolute Gasteiger partial charge is 0.308 e. The molecule has 2 aromatic heterocycles. The lowest BCUT2D eigenvalue weighted by Crippen LogP contribution is -2.51. The van der Waals surface area contributed by atoms with E-state index in [0.29, 0.717) is 40.4 Å². The van der Waals surface area contributed by atoms with Gasteiger partial charge >= 0.3 is 5.97 Å². The van der Waals surface area contributed by atoms with Crippen LogP contribution in [0, 0.1) is 29.4 Å². The first-order valence-corrected chi connectivity index (χ1v) is 12.4. The van der Waals surface area contributed by atoms with Crippen LogP contribution in [0.1, 0.15) is 62.5 Å². The first-order valence-electron chi connectivity index (χ1n) is 12.4. The molecule has 0 radical (unpaired) electrons. The van der Waals surface area contributed by atoms with Crippen molar-refractivity contribution in [3.05, 3.63) is 59.1 Å². The molecule has 2 heterocycles. The summed E-state index contributed by atoms with van der Waals surface area (Å²) in [7, 11) is 0. The molecule has 2 N–H and O–H groups in total. The summed E-state index contributed by atoms with van der Waals surface area (Å²) in [5, 5.41) is 14.4. The number of aliphatic carboxylic acids is 1. The van der Waals surface area contributed by atoms with Crippen LogP contribution in [0.2, 0.25) is 0 Å². The van der Waals surface area contributed by atoms with Crippen molar-refractivity contribution >= 4 is 28.4 Å². The van der Waals surface area contributed by atoms with E-state index in [1.54, 1.807) is 0 Å². The Kier molecular flexibility index (Phi) is 5.16. The third-order valence-corrected chi connectivity index (χ3v) is 8.14. The number of fused-ring (bicyclic) bond motifs is 5. The summed E-state index contributed by atoms with van der Waals surface area (Å²) in [4.78, 5) is 21.9. The highest BCUT2D eigenvalue weighted by atomic mass is 19.1. The van der Waals surface area contributed by atoms with Crippen molar-refractivity contribution in [1.82, 2.24) is 14.5 Å². The molecule has 8 heteroatoms. The molecule has 3 saturated carbocycles. The van der Waals surface area contributed by atoms with Gasteiger partial charge in [0, 0.05) is 29.9 Å². The number of aromatic nitrogens is 3. The van der Waals surface area contributed by atoms with Gasteiger partial charge in [-0.15, -0.1) is 0 Å². The van der Waals surface area contributed by atoms with Crippen LogP contribution < -0.4 is 5.32 Å². The van der Waals surface area contributed by atoms with Gasteiger partial charge < -0.3 is 15.0 Å². The number of rotatable bonds is 5. The van der Waals surface area contributed by atoms with Crippen molar-refractivity contribution in [2.24, 2.45) is 17.8 Å². The zero-order valence-corrected chi connectivity index (χ0v) is 19.8. The Morgan fingerprint density at radius 1 is 1.14 bits per heavy atom. The number of nitrogens with one attached hydrogen (secondary N) is 1. The van der Waals surface area contributed by atoms with E-state index in [0.717, 1.165) is 37.1 Å². The SMILES string of the molecule is CC(C)n1ccc2c(NC3C4CCC(CC4)C3C(=O)O)nc(C3=CCc4c(F)cc(F)cc43)nc21. The third-order valence-electron chi connectivity index (χ3n) is 8.14. The summed E-state index contributed by atoms with van der Waals surface area (Å²) in [6, 6.07) is 4.11. The second-order valence-corrected chi connectivity index (χ2v) is 10.4. The van der Waals surface area contributed by atoms with Crippen LogP contribution in [0.25, 0.3) is 16.6 Å². The second-order valence-electron chi connectivity index (χ2n) is 10.4. The maximum Gasteiger partial charge on any atom is 0.308 e. The Morgan fingerprint density at radius 2 is 1.89 bits per heavy atom. The lowest BCUT2D eigenvalue weighted by Gasteiger charge is -2.47. The molecule has 0 aliphatic heterocycles. The molecular formula is C27H28F2N4O2. The van der Waals surface area contributed by atoms with Gasteiger partial charge in [0.2, 0.25) is 0 Å². The Bertz CT molecular complexity index is 1370. The maximum absolute atomic E-state index is 14.4. The van der Waals surface area contributed by atoms with Crippen molar-refractivity contribution in [2.75, 3.05) is 5.32 Å². The minimum atomic E-state index is -0.763.